The smallest absolute Gasteiger partial charge is 0.226 e. The van der Waals surface area contributed by atoms with Gasteiger partial charge in [0.1, 0.15) is 0 Å². The van der Waals surface area contributed by atoms with Gasteiger partial charge < -0.3 is 10.6 Å². The van der Waals surface area contributed by atoms with Gasteiger partial charge in [0, 0.05) is 27.8 Å². The second-order valence-corrected chi connectivity index (χ2v) is 8.82. The van der Waals surface area contributed by atoms with E-state index in [9.17, 15) is 9.59 Å². The Hall–Kier alpha value is -1.98. The summed E-state index contributed by atoms with van der Waals surface area (Å²) in [5, 5.41) is 6.97. The summed E-state index contributed by atoms with van der Waals surface area (Å²) in [6.45, 7) is 7.80. The van der Waals surface area contributed by atoms with Crippen molar-refractivity contribution in [3.8, 4) is 0 Å². The van der Waals surface area contributed by atoms with Gasteiger partial charge in [-0.25, -0.2) is 0 Å². The lowest BCUT2D eigenvalue weighted by molar-refractivity contribution is -0.120. The third kappa shape index (κ3) is 6.88. The van der Waals surface area contributed by atoms with Gasteiger partial charge in [-0.3, -0.25) is 9.59 Å². The Bertz CT molecular complexity index is 824. The molecule has 0 spiro atoms. The molecule has 0 fully saturated rings. The number of rotatable bonds is 8. The third-order valence-electron chi connectivity index (χ3n) is 4.42. The van der Waals surface area contributed by atoms with Crippen LogP contribution in [-0.4, -0.2) is 17.1 Å². The molecule has 4 nitrogen and oxygen atoms in total. The normalized spacial score (nSPS) is 12.9. The molecule has 2 aromatic carbocycles. The molecule has 0 radical (unpaired) electrons. The number of nitrogens with one attached hydrogen (secondary N) is 2. The van der Waals surface area contributed by atoms with Crippen molar-refractivity contribution in [3.63, 3.8) is 0 Å². The van der Waals surface area contributed by atoms with E-state index < -0.39 is 6.04 Å². The number of benzene rings is 2. The topological polar surface area (TPSA) is 58.2 Å². The molecule has 2 unspecified atom stereocenters. The number of hydrogen-bond donors (Lipinski definition) is 2. The van der Waals surface area contributed by atoms with Crippen molar-refractivity contribution < 1.29 is 9.59 Å². The molecule has 0 heterocycles. The highest BCUT2D eigenvalue weighted by Crippen LogP contribution is 2.29. The summed E-state index contributed by atoms with van der Waals surface area (Å²) in [7, 11) is 0. The molecule has 28 heavy (non-hydrogen) atoms. The summed E-state index contributed by atoms with van der Waals surface area (Å²) in [6, 6.07) is 12.8. The number of carbonyl (C=O) groups excluding carboxylic acids is 2. The van der Waals surface area contributed by atoms with Gasteiger partial charge >= 0.3 is 0 Å². The lowest BCUT2D eigenvalue weighted by Gasteiger charge is -2.19. The highest BCUT2D eigenvalue weighted by molar-refractivity contribution is 7.99. The molecule has 2 N–H and O–H groups in total. The second-order valence-electron chi connectivity index (χ2n) is 6.87. The van der Waals surface area contributed by atoms with Crippen LogP contribution in [-0.2, 0) is 9.59 Å². The van der Waals surface area contributed by atoms with Crippen LogP contribution in [0.25, 0.3) is 0 Å². The highest BCUT2D eigenvalue weighted by Gasteiger charge is 2.18. The molecule has 0 aliphatic heterocycles. The van der Waals surface area contributed by atoms with E-state index >= 15 is 0 Å². The number of hydrogen-bond acceptors (Lipinski definition) is 3. The van der Waals surface area contributed by atoms with Crippen LogP contribution >= 0.6 is 23.4 Å². The van der Waals surface area contributed by atoms with E-state index in [1.54, 1.807) is 12.1 Å². The molecule has 0 saturated carbocycles. The summed E-state index contributed by atoms with van der Waals surface area (Å²) in [5.74, 6) is -0.338. The molecule has 0 aromatic heterocycles. The van der Waals surface area contributed by atoms with Gasteiger partial charge in [-0.2, -0.15) is 0 Å². The fourth-order valence-electron chi connectivity index (χ4n) is 2.74. The van der Waals surface area contributed by atoms with Crippen LogP contribution in [0.3, 0.4) is 0 Å². The van der Waals surface area contributed by atoms with E-state index in [1.165, 1.54) is 11.8 Å². The van der Waals surface area contributed by atoms with Crippen LogP contribution in [0.5, 0.6) is 0 Å². The molecule has 2 aromatic rings. The van der Waals surface area contributed by atoms with Crippen molar-refractivity contribution in [2.75, 3.05) is 5.32 Å². The van der Waals surface area contributed by atoms with Gasteiger partial charge in [0.25, 0.3) is 0 Å². The number of carbonyl (C=O) groups is 2. The van der Waals surface area contributed by atoms with Crippen LogP contribution in [0.15, 0.2) is 47.4 Å². The SMILES string of the molecule is CCC(C)Sc1ccc(NC(=O)CC(NC(C)=O)c2ccc(Cl)cc2)c(C)c1. The molecule has 6 heteroatoms. The molecular weight excluding hydrogens is 392 g/mol. The minimum atomic E-state index is -0.407. The van der Waals surface area contributed by atoms with E-state index in [-0.39, 0.29) is 18.2 Å². The first-order valence-corrected chi connectivity index (χ1v) is 10.6. The van der Waals surface area contributed by atoms with Crippen LogP contribution in [0.1, 0.15) is 50.8 Å². The van der Waals surface area contributed by atoms with Gasteiger partial charge in [-0.1, -0.05) is 37.6 Å². The number of halogens is 1. The summed E-state index contributed by atoms with van der Waals surface area (Å²) in [5.41, 5.74) is 2.65. The molecule has 2 rings (SSSR count). The fourth-order valence-corrected chi connectivity index (χ4v) is 3.89. The standard InChI is InChI=1S/C22H27ClN2O2S/c1-5-15(3)28-19-10-11-20(14(2)12-19)25-22(27)13-21(24-16(4)26)17-6-8-18(23)9-7-17/h6-12,15,21H,5,13H2,1-4H3,(H,24,26)(H,25,27). The van der Waals surface area contributed by atoms with Crippen LogP contribution < -0.4 is 10.6 Å². The maximum atomic E-state index is 12.6. The molecule has 0 aliphatic rings. The van der Waals surface area contributed by atoms with Gasteiger partial charge in [0.2, 0.25) is 11.8 Å². The number of anilines is 1. The largest absolute Gasteiger partial charge is 0.349 e. The van der Waals surface area contributed by atoms with E-state index in [0.717, 1.165) is 23.2 Å². The Kier molecular flexibility index (Phi) is 8.39. The first kappa shape index (κ1) is 22.3. The van der Waals surface area contributed by atoms with Crippen LogP contribution in [0.2, 0.25) is 5.02 Å². The molecule has 0 bridgehead atoms. The van der Waals surface area contributed by atoms with Gasteiger partial charge in [0.05, 0.1) is 12.5 Å². The number of amides is 2. The maximum Gasteiger partial charge on any atom is 0.226 e. The average Bonchev–Trinajstić information content (AvgIpc) is 2.63. The number of aryl methyl sites for hydroxylation is 1. The second kappa shape index (κ2) is 10.5. The van der Waals surface area contributed by atoms with E-state index in [0.29, 0.717) is 10.3 Å². The Balaban J connectivity index is 2.07. The summed E-state index contributed by atoms with van der Waals surface area (Å²) in [6.07, 6.45) is 1.25. The zero-order valence-corrected chi connectivity index (χ0v) is 18.3. The summed E-state index contributed by atoms with van der Waals surface area (Å²) >= 11 is 7.77. The Labute approximate surface area is 176 Å². The van der Waals surface area contributed by atoms with E-state index in [1.807, 2.05) is 43.0 Å². The van der Waals surface area contributed by atoms with Crippen LogP contribution in [0.4, 0.5) is 5.69 Å². The lowest BCUT2D eigenvalue weighted by atomic mass is 10.0. The summed E-state index contributed by atoms with van der Waals surface area (Å²) in [4.78, 5) is 25.4. The summed E-state index contributed by atoms with van der Waals surface area (Å²) < 4.78 is 0. The molecular formula is C22H27ClN2O2S. The first-order valence-electron chi connectivity index (χ1n) is 9.38. The average molecular weight is 419 g/mol. The molecule has 2 atom stereocenters. The molecule has 150 valence electrons. The maximum absolute atomic E-state index is 12.6. The molecule has 2 amide bonds. The van der Waals surface area contributed by atoms with Gasteiger partial charge in [-0.15, -0.1) is 11.8 Å². The van der Waals surface area contributed by atoms with E-state index in [2.05, 4.69) is 30.5 Å². The van der Waals surface area contributed by atoms with Crippen LogP contribution in [0, 0.1) is 6.92 Å². The van der Waals surface area contributed by atoms with Crippen molar-refractivity contribution in [1.29, 1.82) is 0 Å². The highest BCUT2D eigenvalue weighted by atomic mass is 35.5. The monoisotopic (exact) mass is 418 g/mol. The predicted octanol–water partition coefficient (Wildman–Crippen LogP) is 5.75. The van der Waals surface area contributed by atoms with Crippen molar-refractivity contribution in [2.45, 2.75) is 56.7 Å². The molecule has 0 aliphatic carbocycles. The van der Waals surface area contributed by atoms with Gasteiger partial charge in [0.15, 0.2) is 0 Å². The van der Waals surface area contributed by atoms with Crippen molar-refractivity contribution in [2.24, 2.45) is 0 Å². The lowest BCUT2D eigenvalue weighted by Crippen LogP contribution is -2.29. The minimum Gasteiger partial charge on any atom is -0.349 e. The van der Waals surface area contributed by atoms with Crippen molar-refractivity contribution >= 4 is 40.9 Å². The minimum absolute atomic E-state index is 0.143. The Morgan fingerprint density at radius 2 is 1.82 bits per heavy atom. The fraction of sp³-hybridized carbons (Fsp3) is 0.364. The third-order valence-corrected chi connectivity index (χ3v) is 5.94. The predicted molar refractivity (Wildman–Crippen MR) is 118 cm³/mol. The quantitative estimate of drug-likeness (QED) is 0.537. The van der Waals surface area contributed by atoms with Crippen molar-refractivity contribution in [1.82, 2.24) is 5.32 Å². The number of thioether (sulfide) groups is 1. The Morgan fingerprint density at radius 1 is 1.14 bits per heavy atom. The van der Waals surface area contributed by atoms with Gasteiger partial charge in [-0.05, 0) is 54.8 Å². The zero-order chi connectivity index (χ0) is 20.7. The first-order chi connectivity index (χ1) is 13.3. The Morgan fingerprint density at radius 3 is 2.39 bits per heavy atom. The van der Waals surface area contributed by atoms with E-state index in [4.69, 9.17) is 11.6 Å². The van der Waals surface area contributed by atoms with Crippen molar-refractivity contribution in [3.05, 3.63) is 58.6 Å². The zero-order valence-electron chi connectivity index (χ0n) is 16.7. The molecule has 0 saturated heterocycles.